The molecule has 1 heterocycles. The Labute approximate surface area is 158 Å². The lowest BCUT2D eigenvalue weighted by molar-refractivity contribution is 0.0653. The zero-order chi connectivity index (χ0) is 18.7. The molecule has 8 heteroatoms. The third-order valence-corrected chi connectivity index (χ3v) is 4.44. The van der Waals surface area contributed by atoms with E-state index in [0.717, 1.165) is 4.47 Å². The first-order valence-corrected chi connectivity index (χ1v) is 8.81. The minimum Gasteiger partial charge on any atom is -0.399 e. The molecule has 1 aliphatic heterocycles. The van der Waals surface area contributed by atoms with Crippen LogP contribution in [0.25, 0.3) is 0 Å². The fourth-order valence-electron chi connectivity index (χ4n) is 2.65. The van der Waals surface area contributed by atoms with Crippen LogP contribution in [0.15, 0.2) is 46.9 Å². The second-order valence-corrected chi connectivity index (χ2v) is 6.72. The Hall–Kier alpha value is -2.87. The Bertz CT molecular complexity index is 867. The molecule has 0 spiro atoms. The number of carbonyl (C=O) groups excluding carboxylic acids is 3. The van der Waals surface area contributed by atoms with Crippen molar-refractivity contribution in [2.75, 3.05) is 24.1 Å². The monoisotopic (exact) mass is 416 g/mol. The van der Waals surface area contributed by atoms with E-state index in [1.54, 1.807) is 42.5 Å². The van der Waals surface area contributed by atoms with Crippen LogP contribution in [0, 0.1) is 0 Å². The van der Waals surface area contributed by atoms with Crippen LogP contribution in [0.2, 0.25) is 0 Å². The molecule has 4 amide bonds. The van der Waals surface area contributed by atoms with Crippen LogP contribution in [0.3, 0.4) is 0 Å². The van der Waals surface area contributed by atoms with Crippen LogP contribution in [0.5, 0.6) is 0 Å². The van der Waals surface area contributed by atoms with Crippen LogP contribution < -0.4 is 16.4 Å². The van der Waals surface area contributed by atoms with Gasteiger partial charge >= 0.3 is 6.03 Å². The van der Waals surface area contributed by atoms with Crippen LogP contribution in [-0.4, -0.2) is 35.8 Å². The van der Waals surface area contributed by atoms with Crippen molar-refractivity contribution >= 4 is 45.2 Å². The van der Waals surface area contributed by atoms with E-state index in [4.69, 9.17) is 5.73 Å². The Balaban J connectivity index is 1.47. The number of fused-ring (bicyclic) bond motifs is 1. The van der Waals surface area contributed by atoms with Gasteiger partial charge in [0.1, 0.15) is 0 Å². The lowest BCUT2D eigenvalue weighted by Gasteiger charge is -2.14. The van der Waals surface area contributed by atoms with Crippen LogP contribution in [0.4, 0.5) is 16.2 Å². The number of urea groups is 1. The third kappa shape index (κ3) is 3.85. The summed E-state index contributed by atoms with van der Waals surface area (Å²) in [5.74, 6) is -0.610. The molecule has 1 aliphatic rings. The van der Waals surface area contributed by atoms with E-state index in [2.05, 4.69) is 26.6 Å². The first-order chi connectivity index (χ1) is 12.5. The van der Waals surface area contributed by atoms with E-state index in [1.165, 1.54) is 4.90 Å². The number of nitrogens with two attached hydrogens (primary N) is 1. The van der Waals surface area contributed by atoms with Crippen LogP contribution >= 0.6 is 15.9 Å². The standard InChI is InChI=1S/C18H17BrN4O3/c19-11-2-7-14-15(10-11)17(25)23(16(14)24)9-1-8-21-18(26)22-13-5-3-12(20)4-6-13/h2-7,10H,1,8-9,20H2,(H2,21,22,26). The number of imide groups is 1. The number of amides is 4. The number of nitrogens with zero attached hydrogens (tertiary/aromatic N) is 1. The van der Waals surface area contributed by atoms with Crippen molar-refractivity contribution in [1.29, 1.82) is 0 Å². The zero-order valence-corrected chi connectivity index (χ0v) is 15.4. The molecule has 0 aromatic heterocycles. The van der Waals surface area contributed by atoms with Crippen molar-refractivity contribution < 1.29 is 14.4 Å². The number of halogens is 1. The molecule has 26 heavy (non-hydrogen) atoms. The Kier molecular flexibility index (Phi) is 5.22. The summed E-state index contributed by atoms with van der Waals surface area (Å²) in [4.78, 5) is 37.7. The lowest BCUT2D eigenvalue weighted by Crippen LogP contribution is -2.35. The molecule has 7 nitrogen and oxygen atoms in total. The number of nitrogens with one attached hydrogen (secondary N) is 2. The normalized spacial score (nSPS) is 12.9. The molecular weight excluding hydrogens is 400 g/mol. The van der Waals surface area contributed by atoms with Gasteiger partial charge in [-0.3, -0.25) is 14.5 Å². The fourth-order valence-corrected chi connectivity index (χ4v) is 3.01. The van der Waals surface area contributed by atoms with Gasteiger partial charge in [-0.25, -0.2) is 4.79 Å². The molecule has 0 saturated carbocycles. The quantitative estimate of drug-likeness (QED) is 0.395. The number of nitrogen functional groups attached to an aromatic ring is 1. The summed E-state index contributed by atoms with van der Waals surface area (Å²) in [6.45, 7) is 0.573. The van der Waals surface area contributed by atoms with Crippen molar-refractivity contribution in [3.05, 3.63) is 58.1 Å². The van der Waals surface area contributed by atoms with Gasteiger partial charge in [0, 0.05) is 28.9 Å². The minimum absolute atomic E-state index is 0.242. The predicted octanol–water partition coefficient (Wildman–Crippen LogP) is 2.84. The van der Waals surface area contributed by atoms with Crippen molar-refractivity contribution in [2.45, 2.75) is 6.42 Å². The maximum Gasteiger partial charge on any atom is 0.319 e. The predicted molar refractivity (Wildman–Crippen MR) is 102 cm³/mol. The molecule has 0 fully saturated rings. The van der Waals surface area contributed by atoms with E-state index in [-0.39, 0.29) is 24.4 Å². The molecular formula is C18H17BrN4O3. The average Bonchev–Trinajstić information content (AvgIpc) is 2.84. The first kappa shape index (κ1) is 17.9. The molecule has 0 atom stereocenters. The Morgan fingerprint density at radius 3 is 2.46 bits per heavy atom. The number of benzene rings is 2. The molecule has 0 aliphatic carbocycles. The number of carbonyl (C=O) groups is 3. The van der Waals surface area contributed by atoms with Gasteiger partial charge in [-0.1, -0.05) is 15.9 Å². The zero-order valence-electron chi connectivity index (χ0n) is 13.8. The first-order valence-electron chi connectivity index (χ1n) is 8.02. The summed E-state index contributed by atoms with van der Waals surface area (Å²) in [5.41, 5.74) is 7.64. The number of rotatable bonds is 5. The molecule has 0 saturated heterocycles. The van der Waals surface area contributed by atoms with Gasteiger partial charge in [0.2, 0.25) is 0 Å². The molecule has 2 aromatic carbocycles. The highest BCUT2D eigenvalue weighted by atomic mass is 79.9. The summed E-state index contributed by atoms with van der Waals surface area (Å²) in [6, 6.07) is 11.4. The number of hydrogen-bond donors (Lipinski definition) is 3. The number of anilines is 2. The molecule has 4 N–H and O–H groups in total. The van der Waals surface area contributed by atoms with Gasteiger partial charge in [0.05, 0.1) is 11.1 Å². The highest BCUT2D eigenvalue weighted by molar-refractivity contribution is 9.10. The maximum absolute atomic E-state index is 12.3. The molecule has 134 valence electrons. The van der Waals surface area contributed by atoms with Crippen LogP contribution in [-0.2, 0) is 0 Å². The summed E-state index contributed by atoms with van der Waals surface area (Å²) in [6.07, 6.45) is 0.460. The highest BCUT2D eigenvalue weighted by Gasteiger charge is 2.34. The maximum atomic E-state index is 12.3. The van der Waals surface area contributed by atoms with Gasteiger partial charge in [0.15, 0.2) is 0 Å². The topological polar surface area (TPSA) is 105 Å². The third-order valence-electron chi connectivity index (χ3n) is 3.95. The minimum atomic E-state index is -0.360. The SMILES string of the molecule is Nc1ccc(NC(=O)NCCCN2C(=O)c3ccc(Br)cc3C2=O)cc1. The van der Waals surface area contributed by atoms with Crippen molar-refractivity contribution in [2.24, 2.45) is 0 Å². The number of hydrogen-bond acceptors (Lipinski definition) is 4. The molecule has 2 aromatic rings. The lowest BCUT2D eigenvalue weighted by atomic mass is 10.1. The van der Waals surface area contributed by atoms with Gasteiger partial charge < -0.3 is 16.4 Å². The Morgan fingerprint density at radius 2 is 1.73 bits per heavy atom. The van der Waals surface area contributed by atoms with Crippen molar-refractivity contribution in [3.63, 3.8) is 0 Å². The van der Waals surface area contributed by atoms with Gasteiger partial charge in [-0.05, 0) is 48.9 Å². The second kappa shape index (κ2) is 7.57. The van der Waals surface area contributed by atoms with Crippen LogP contribution in [0.1, 0.15) is 27.1 Å². The van der Waals surface area contributed by atoms with E-state index >= 15 is 0 Å². The largest absolute Gasteiger partial charge is 0.399 e. The van der Waals surface area contributed by atoms with Gasteiger partial charge in [-0.15, -0.1) is 0 Å². The summed E-state index contributed by atoms with van der Waals surface area (Å²) < 4.78 is 0.750. The van der Waals surface area contributed by atoms with E-state index in [1.807, 2.05) is 0 Å². The van der Waals surface area contributed by atoms with E-state index in [9.17, 15) is 14.4 Å². The molecule has 3 rings (SSSR count). The average molecular weight is 417 g/mol. The van der Waals surface area contributed by atoms with Crippen molar-refractivity contribution in [1.82, 2.24) is 10.2 Å². The fraction of sp³-hybridized carbons (Fsp3) is 0.167. The highest BCUT2D eigenvalue weighted by Crippen LogP contribution is 2.25. The summed E-state index contributed by atoms with van der Waals surface area (Å²) in [5, 5.41) is 5.37. The summed E-state index contributed by atoms with van der Waals surface area (Å²) >= 11 is 3.30. The Morgan fingerprint density at radius 1 is 1.04 bits per heavy atom. The molecule has 0 unspecified atom stereocenters. The van der Waals surface area contributed by atoms with Gasteiger partial charge in [-0.2, -0.15) is 0 Å². The van der Waals surface area contributed by atoms with Gasteiger partial charge in [0.25, 0.3) is 11.8 Å². The summed E-state index contributed by atoms with van der Waals surface area (Å²) in [7, 11) is 0. The molecule has 0 bridgehead atoms. The van der Waals surface area contributed by atoms with E-state index < -0.39 is 0 Å². The molecule has 0 radical (unpaired) electrons. The van der Waals surface area contributed by atoms with Crippen molar-refractivity contribution in [3.8, 4) is 0 Å². The smallest absolute Gasteiger partial charge is 0.319 e. The second-order valence-electron chi connectivity index (χ2n) is 5.81. The van der Waals surface area contributed by atoms with E-state index in [0.29, 0.717) is 35.5 Å².